The van der Waals surface area contributed by atoms with Crippen molar-refractivity contribution in [2.45, 2.75) is 12.1 Å². The van der Waals surface area contributed by atoms with Crippen LogP contribution in [0, 0.1) is 0 Å². The van der Waals surface area contributed by atoms with Crippen molar-refractivity contribution >= 4 is 52.0 Å². The first-order chi connectivity index (χ1) is 12.6. The van der Waals surface area contributed by atoms with Crippen LogP contribution in [0.5, 0.6) is 0 Å². The van der Waals surface area contributed by atoms with E-state index in [0.717, 1.165) is 11.8 Å². The number of halogens is 1. The van der Waals surface area contributed by atoms with Gasteiger partial charge in [0, 0.05) is 11.1 Å². The summed E-state index contributed by atoms with van der Waals surface area (Å²) >= 11 is 7.07. The summed E-state index contributed by atoms with van der Waals surface area (Å²) in [6.07, 6.45) is 0. The molecule has 0 aliphatic carbocycles. The van der Waals surface area contributed by atoms with Gasteiger partial charge in [0.15, 0.2) is 5.58 Å². The second kappa shape index (κ2) is 8.25. The molecule has 3 aromatic rings. The van der Waals surface area contributed by atoms with Gasteiger partial charge in [0.25, 0.3) is 5.22 Å². The number of amides is 1. The van der Waals surface area contributed by atoms with E-state index in [4.69, 9.17) is 20.8 Å². The fraction of sp³-hybridized carbons (Fsp3) is 0.167. The number of aromatic nitrogens is 1. The van der Waals surface area contributed by atoms with Gasteiger partial charge in [-0.25, -0.2) is 9.78 Å². The lowest BCUT2D eigenvalue weighted by molar-refractivity contribution is -0.113. The molecular formula is C18H15ClN2O4S. The molecule has 0 aliphatic heterocycles. The van der Waals surface area contributed by atoms with Crippen molar-refractivity contribution in [3.05, 3.63) is 53.1 Å². The molecule has 0 unspecified atom stereocenters. The van der Waals surface area contributed by atoms with Crippen LogP contribution in [0.2, 0.25) is 5.02 Å². The minimum atomic E-state index is -0.480. The van der Waals surface area contributed by atoms with Crippen molar-refractivity contribution in [2.24, 2.45) is 0 Å². The fourth-order valence-corrected chi connectivity index (χ4v) is 3.03. The number of hydrogen-bond acceptors (Lipinski definition) is 6. The highest BCUT2D eigenvalue weighted by Crippen LogP contribution is 2.26. The van der Waals surface area contributed by atoms with E-state index in [0.29, 0.717) is 32.6 Å². The standard InChI is InChI=1S/C18H15ClN2O4S/c1-2-24-17(23)12-5-3-4-6-13(12)20-16(22)10-26-18-21-14-8-7-11(19)9-15(14)25-18/h3-9H,2,10H2,1H3,(H,20,22). The van der Waals surface area contributed by atoms with Crippen molar-refractivity contribution in [1.29, 1.82) is 0 Å². The number of ether oxygens (including phenoxy) is 1. The first kappa shape index (κ1) is 18.3. The summed E-state index contributed by atoms with van der Waals surface area (Å²) in [4.78, 5) is 28.4. The van der Waals surface area contributed by atoms with E-state index < -0.39 is 5.97 Å². The summed E-state index contributed by atoms with van der Waals surface area (Å²) in [7, 11) is 0. The number of para-hydroxylation sites is 1. The van der Waals surface area contributed by atoms with Crippen LogP contribution >= 0.6 is 23.4 Å². The molecule has 0 fully saturated rings. The maximum atomic E-state index is 12.2. The molecule has 0 aliphatic rings. The highest BCUT2D eigenvalue weighted by molar-refractivity contribution is 7.99. The summed E-state index contributed by atoms with van der Waals surface area (Å²) in [6.45, 7) is 1.99. The Morgan fingerprint density at radius 1 is 1.27 bits per heavy atom. The van der Waals surface area contributed by atoms with Crippen LogP contribution in [0.3, 0.4) is 0 Å². The summed E-state index contributed by atoms with van der Waals surface area (Å²) in [6, 6.07) is 11.8. The molecule has 26 heavy (non-hydrogen) atoms. The SMILES string of the molecule is CCOC(=O)c1ccccc1NC(=O)CSc1nc2ccc(Cl)cc2o1. The Kier molecular flexibility index (Phi) is 5.80. The number of carbonyl (C=O) groups is 2. The number of rotatable bonds is 6. The molecule has 8 heteroatoms. The second-order valence-corrected chi connectivity index (χ2v) is 6.56. The van der Waals surface area contributed by atoms with Gasteiger partial charge in [-0.3, -0.25) is 4.79 Å². The molecule has 0 saturated heterocycles. The molecule has 0 radical (unpaired) electrons. The highest BCUT2D eigenvalue weighted by Gasteiger charge is 2.15. The molecule has 134 valence electrons. The lowest BCUT2D eigenvalue weighted by Crippen LogP contribution is -2.17. The van der Waals surface area contributed by atoms with Crippen LogP contribution in [0.25, 0.3) is 11.1 Å². The maximum absolute atomic E-state index is 12.2. The first-order valence-corrected chi connectivity index (χ1v) is 9.18. The molecule has 6 nitrogen and oxygen atoms in total. The maximum Gasteiger partial charge on any atom is 0.340 e. The Balaban J connectivity index is 1.64. The van der Waals surface area contributed by atoms with Gasteiger partial charge in [0.05, 0.1) is 23.6 Å². The molecule has 1 amide bonds. The number of nitrogens with zero attached hydrogens (tertiary/aromatic N) is 1. The zero-order valence-electron chi connectivity index (χ0n) is 13.8. The van der Waals surface area contributed by atoms with Crippen molar-refractivity contribution in [3.63, 3.8) is 0 Å². The third kappa shape index (κ3) is 4.36. The third-order valence-corrected chi connectivity index (χ3v) is 4.42. The monoisotopic (exact) mass is 390 g/mol. The zero-order chi connectivity index (χ0) is 18.5. The lowest BCUT2D eigenvalue weighted by Gasteiger charge is -2.09. The Labute approximate surface area is 158 Å². The van der Waals surface area contributed by atoms with Gasteiger partial charge in [0.1, 0.15) is 5.52 Å². The third-order valence-electron chi connectivity index (χ3n) is 3.35. The molecule has 0 atom stereocenters. The molecule has 2 aromatic carbocycles. The molecule has 1 N–H and O–H groups in total. The molecule has 1 aromatic heterocycles. The zero-order valence-corrected chi connectivity index (χ0v) is 15.4. The number of carbonyl (C=O) groups excluding carboxylic acids is 2. The van der Waals surface area contributed by atoms with E-state index in [2.05, 4.69) is 10.3 Å². The molecule has 0 spiro atoms. The molecule has 0 saturated carbocycles. The number of oxazole rings is 1. The molecular weight excluding hydrogens is 376 g/mol. The first-order valence-electron chi connectivity index (χ1n) is 7.81. The van der Waals surface area contributed by atoms with Crippen molar-refractivity contribution in [3.8, 4) is 0 Å². The highest BCUT2D eigenvalue weighted by atomic mass is 35.5. The smallest absolute Gasteiger partial charge is 0.340 e. The normalized spacial score (nSPS) is 10.7. The lowest BCUT2D eigenvalue weighted by atomic mass is 10.2. The Morgan fingerprint density at radius 3 is 2.88 bits per heavy atom. The number of nitrogens with one attached hydrogen (secondary N) is 1. The topological polar surface area (TPSA) is 81.4 Å². The van der Waals surface area contributed by atoms with Crippen LogP contribution in [-0.2, 0) is 9.53 Å². The average Bonchev–Trinajstić information content (AvgIpc) is 3.02. The number of esters is 1. The van der Waals surface area contributed by atoms with Gasteiger partial charge in [-0.15, -0.1) is 0 Å². The van der Waals surface area contributed by atoms with Gasteiger partial charge in [-0.05, 0) is 31.2 Å². The van der Waals surface area contributed by atoms with Gasteiger partial charge < -0.3 is 14.5 Å². The number of benzene rings is 2. The summed E-state index contributed by atoms with van der Waals surface area (Å²) in [5, 5.41) is 3.64. The minimum absolute atomic E-state index is 0.0811. The van der Waals surface area contributed by atoms with Gasteiger partial charge in [0.2, 0.25) is 5.91 Å². The number of hydrogen-bond donors (Lipinski definition) is 1. The van der Waals surface area contributed by atoms with Crippen LogP contribution in [0.15, 0.2) is 52.1 Å². The van der Waals surface area contributed by atoms with E-state index in [1.807, 2.05) is 0 Å². The van der Waals surface area contributed by atoms with E-state index in [-0.39, 0.29) is 18.3 Å². The van der Waals surface area contributed by atoms with Crippen molar-refractivity contribution in [1.82, 2.24) is 4.98 Å². The summed E-state index contributed by atoms with van der Waals surface area (Å²) in [5.74, 6) is -0.684. The van der Waals surface area contributed by atoms with E-state index >= 15 is 0 Å². The van der Waals surface area contributed by atoms with E-state index in [9.17, 15) is 9.59 Å². The van der Waals surface area contributed by atoms with Crippen LogP contribution < -0.4 is 5.32 Å². The average molecular weight is 391 g/mol. The van der Waals surface area contributed by atoms with Crippen molar-refractivity contribution in [2.75, 3.05) is 17.7 Å². The van der Waals surface area contributed by atoms with Crippen LogP contribution in [0.1, 0.15) is 17.3 Å². The Hall–Kier alpha value is -2.51. The van der Waals surface area contributed by atoms with Gasteiger partial charge in [-0.1, -0.05) is 35.5 Å². The molecule has 0 bridgehead atoms. The quantitative estimate of drug-likeness (QED) is 0.496. The van der Waals surface area contributed by atoms with Gasteiger partial charge >= 0.3 is 5.97 Å². The number of anilines is 1. The Morgan fingerprint density at radius 2 is 2.08 bits per heavy atom. The van der Waals surface area contributed by atoms with E-state index in [1.54, 1.807) is 49.4 Å². The van der Waals surface area contributed by atoms with E-state index in [1.165, 1.54) is 0 Å². The van der Waals surface area contributed by atoms with Crippen LogP contribution in [-0.4, -0.2) is 29.2 Å². The molecule has 3 rings (SSSR count). The largest absolute Gasteiger partial charge is 0.462 e. The van der Waals surface area contributed by atoms with Crippen LogP contribution in [0.4, 0.5) is 5.69 Å². The second-order valence-electron chi connectivity index (χ2n) is 5.19. The minimum Gasteiger partial charge on any atom is -0.462 e. The number of fused-ring (bicyclic) bond motifs is 1. The van der Waals surface area contributed by atoms with Gasteiger partial charge in [-0.2, -0.15) is 0 Å². The van der Waals surface area contributed by atoms with Crippen molar-refractivity contribution < 1.29 is 18.7 Å². The predicted molar refractivity (Wildman–Crippen MR) is 101 cm³/mol. The predicted octanol–water partition coefficient (Wildman–Crippen LogP) is 4.39. The Bertz CT molecular complexity index is 957. The number of thioether (sulfide) groups is 1. The molecule has 1 heterocycles. The summed E-state index contributed by atoms with van der Waals surface area (Å²) in [5.41, 5.74) is 1.95. The summed E-state index contributed by atoms with van der Waals surface area (Å²) < 4.78 is 10.5. The fourth-order valence-electron chi connectivity index (χ4n) is 2.23.